The maximum absolute atomic E-state index is 12.9. The van der Waals surface area contributed by atoms with Gasteiger partial charge in [0.15, 0.2) is 17.3 Å². The number of benzene rings is 2. The van der Waals surface area contributed by atoms with Crippen molar-refractivity contribution >= 4 is 5.78 Å². The fourth-order valence-corrected chi connectivity index (χ4v) is 3.82. The summed E-state index contributed by atoms with van der Waals surface area (Å²) >= 11 is 0. The first-order chi connectivity index (χ1) is 12.6. The van der Waals surface area contributed by atoms with Crippen molar-refractivity contribution in [2.75, 3.05) is 27.5 Å². The molecule has 2 aromatic rings. The number of likely N-dealkylation sites (N-methyl/N-ethyl adjacent to an activating group) is 1. The summed E-state index contributed by atoms with van der Waals surface area (Å²) in [4.78, 5) is 15.1. The van der Waals surface area contributed by atoms with Crippen LogP contribution in [0.25, 0.3) is 0 Å². The van der Waals surface area contributed by atoms with E-state index in [1.807, 2.05) is 37.3 Å². The molecule has 1 atom stereocenters. The van der Waals surface area contributed by atoms with E-state index in [4.69, 9.17) is 14.2 Å². The second-order valence-corrected chi connectivity index (χ2v) is 6.96. The summed E-state index contributed by atoms with van der Waals surface area (Å²) < 4.78 is 16.9. The quantitative estimate of drug-likeness (QED) is 0.787. The van der Waals surface area contributed by atoms with Crippen LogP contribution < -0.4 is 14.2 Å². The predicted molar refractivity (Wildman–Crippen MR) is 98.3 cm³/mol. The van der Waals surface area contributed by atoms with Gasteiger partial charge in [0.05, 0.1) is 7.11 Å². The van der Waals surface area contributed by atoms with Gasteiger partial charge in [0, 0.05) is 30.1 Å². The van der Waals surface area contributed by atoms with Gasteiger partial charge in [0.1, 0.15) is 0 Å². The van der Waals surface area contributed by atoms with Gasteiger partial charge < -0.3 is 14.2 Å². The van der Waals surface area contributed by atoms with Crippen LogP contribution in [-0.2, 0) is 6.42 Å². The smallest absolute Gasteiger partial charge is 0.231 e. The number of hydrogen-bond acceptors (Lipinski definition) is 5. The molecule has 2 aliphatic heterocycles. The molecule has 4 rings (SSSR count). The first-order valence-corrected chi connectivity index (χ1v) is 8.88. The van der Waals surface area contributed by atoms with Crippen LogP contribution >= 0.6 is 0 Å². The summed E-state index contributed by atoms with van der Waals surface area (Å²) in [5.41, 5.74) is 4.11. The van der Waals surface area contributed by atoms with Gasteiger partial charge >= 0.3 is 0 Å². The maximum atomic E-state index is 12.9. The number of rotatable bonds is 4. The average molecular weight is 353 g/mol. The molecule has 0 bridgehead atoms. The highest BCUT2D eigenvalue weighted by Crippen LogP contribution is 2.50. The van der Waals surface area contributed by atoms with Gasteiger partial charge in [0.25, 0.3) is 0 Å². The number of fused-ring (bicyclic) bond motifs is 2. The standard InChI is InChI=1S/C21H23NO4/c1-13-4-6-14(7-5-13)17(23)11-16-19-15(8-9-22(16)2)10-18-20(21(19)24-3)26-12-25-18/h4-7,10,16H,8-9,11-12H2,1-3H3/t16-/m1/s1. The van der Waals surface area contributed by atoms with E-state index in [2.05, 4.69) is 11.9 Å². The van der Waals surface area contributed by atoms with Crippen molar-refractivity contribution in [3.63, 3.8) is 0 Å². The number of Topliss-reactive ketones (excluding diaryl/α,β-unsaturated/α-hetero) is 1. The van der Waals surface area contributed by atoms with E-state index >= 15 is 0 Å². The molecule has 5 heteroatoms. The first-order valence-electron chi connectivity index (χ1n) is 8.88. The molecule has 0 spiro atoms. The van der Waals surface area contributed by atoms with Crippen LogP contribution in [0.1, 0.15) is 39.5 Å². The zero-order chi connectivity index (χ0) is 18.3. The molecule has 0 saturated heterocycles. The Morgan fingerprint density at radius 3 is 2.77 bits per heavy atom. The molecule has 2 heterocycles. The minimum Gasteiger partial charge on any atom is -0.492 e. The van der Waals surface area contributed by atoms with Crippen LogP contribution in [0.15, 0.2) is 30.3 Å². The number of aryl methyl sites for hydroxylation is 1. The van der Waals surface area contributed by atoms with Crippen LogP contribution in [0.3, 0.4) is 0 Å². The van der Waals surface area contributed by atoms with Gasteiger partial charge in [0.2, 0.25) is 12.5 Å². The molecule has 2 aliphatic rings. The molecule has 2 aromatic carbocycles. The van der Waals surface area contributed by atoms with Crippen LogP contribution in [-0.4, -0.2) is 38.2 Å². The fraction of sp³-hybridized carbons (Fsp3) is 0.381. The molecule has 0 unspecified atom stereocenters. The Balaban J connectivity index is 1.71. The molecule has 0 aromatic heterocycles. The number of methoxy groups -OCH3 is 1. The molecule has 5 nitrogen and oxygen atoms in total. The Morgan fingerprint density at radius 1 is 1.27 bits per heavy atom. The summed E-state index contributed by atoms with van der Waals surface area (Å²) in [7, 11) is 3.70. The second-order valence-electron chi connectivity index (χ2n) is 6.96. The van der Waals surface area contributed by atoms with E-state index in [9.17, 15) is 4.79 Å². The van der Waals surface area contributed by atoms with Gasteiger partial charge in [-0.2, -0.15) is 0 Å². The van der Waals surface area contributed by atoms with Gasteiger partial charge in [-0.25, -0.2) is 0 Å². The number of nitrogens with zero attached hydrogens (tertiary/aromatic N) is 1. The summed E-state index contributed by atoms with van der Waals surface area (Å²) in [5, 5.41) is 0. The molecule has 26 heavy (non-hydrogen) atoms. The Hall–Kier alpha value is -2.53. The molecular weight excluding hydrogens is 330 g/mol. The molecule has 0 N–H and O–H groups in total. The Morgan fingerprint density at radius 2 is 2.04 bits per heavy atom. The second kappa shape index (κ2) is 6.65. The number of hydrogen-bond donors (Lipinski definition) is 0. The zero-order valence-corrected chi connectivity index (χ0v) is 15.4. The molecule has 0 radical (unpaired) electrons. The van der Waals surface area contributed by atoms with E-state index in [0.717, 1.165) is 35.4 Å². The minimum atomic E-state index is -0.0444. The highest BCUT2D eigenvalue weighted by molar-refractivity contribution is 5.96. The van der Waals surface area contributed by atoms with Crippen molar-refractivity contribution in [1.82, 2.24) is 4.90 Å². The summed E-state index contributed by atoms with van der Waals surface area (Å²) in [6, 6.07) is 9.75. The van der Waals surface area contributed by atoms with Crippen molar-refractivity contribution in [1.29, 1.82) is 0 Å². The normalized spacial score (nSPS) is 18.5. The van der Waals surface area contributed by atoms with Crippen LogP contribution in [0, 0.1) is 6.92 Å². The largest absolute Gasteiger partial charge is 0.492 e. The van der Waals surface area contributed by atoms with Crippen molar-refractivity contribution in [3.05, 3.63) is 52.6 Å². The molecule has 0 amide bonds. The topological polar surface area (TPSA) is 48.0 Å². The highest BCUT2D eigenvalue weighted by atomic mass is 16.7. The number of ketones is 1. The van der Waals surface area contributed by atoms with E-state index in [1.165, 1.54) is 5.56 Å². The SMILES string of the molecule is COc1c2c(cc3c1[C@@H](CC(=O)c1ccc(C)cc1)N(C)CC3)OCO2. The van der Waals surface area contributed by atoms with Gasteiger partial charge in [-0.1, -0.05) is 29.8 Å². The molecule has 0 saturated carbocycles. The maximum Gasteiger partial charge on any atom is 0.231 e. The summed E-state index contributed by atoms with van der Waals surface area (Å²) in [6.07, 6.45) is 1.30. The van der Waals surface area contributed by atoms with Gasteiger partial charge in [-0.15, -0.1) is 0 Å². The average Bonchev–Trinajstić information content (AvgIpc) is 3.11. The third-order valence-electron chi connectivity index (χ3n) is 5.30. The molecular formula is C21H23NO4. The molecule has 0 fully saturated rings. The molecule has 0 aliphatic carbocycles. The van der Waals surface area contributed by atoms with Gasteiger partial charge in [-0.3, -0.25) is 9.69 Å². The monoisotopic (exact) mass is 353 g/mol. The Labute approximate surface area is 153 Å². The third-order valence-corrected chi connectivity index (χ3v) is 5.30. The van der Waals surface area contributed by atoms with E-state index in [1.54, 1.807) is 7.11 Å². The van der Waals surface area contributed by atoms with Crippen LogP contribution in [0.2, 0.25) is 0 Å². The van der Waals surface area contributed by atoms with Crippen LogP contribution in [0.5, 0.6) is 17.2 Å². The minimum absolute atomic E-state index is 0.0444. The van der Waals surface area contributed by atoms with Crippen molar-refractivity contribution < 1.29 is 19.0 Å². The number of ether oxygens (including phenoxy) is 3. The first kappa shape index (κ1) is 16.9. The van der Waals surface area contributed by atoms with Crippen molar-refractivity contribution in [2.45, 2.75) is 25.8 Å². The summed E-state index contributed by atoms with van der Waals surface area (Å²) in [5.74, 6) is 2.21. The summed E-state index contributed by atoms with van der Waals surface area (Å²) in [6.45, 7) is 3.12. The molecule has 136 valence electrons. The Kier molecular flexibility index (Phi) is 4.32. The van der Waals surface area contributed by atoms with E-state index < -0.39 is 0 Å². The lowest BCUT2D eigenvalue weighted by Gasteiger charge is -2.35. The van der Waals surface area contributed by atoms with E-state index in [0.29, 0.717) is 17.9 Å². The van der Waals surface area contributed by atoms with E-state index in [-0.39, 0.29) is 18.6 Å². The predicted octanol–water partition coefficient (Wildman–Crippen LogP) is 3.53. The highest BCUT2D eigenvalue weighted by Gasteiger charge is 2.35. The lowest BCUT2D eigenvalue weighted by molar-refractivity contribution is 0.0925. The number of carbonyl (C=O) groups excluding carboxylic acids is 1. The third kappa shape index (κ3) is 2.82. The Bertz CT molecular complexity index is 844. The lowest BCUT2D eigenvalue weighted by Crippen LogP contribution is -2.34. The van der Waals surface area contributed by atoms with Gasteiger partial charge in [-0.05, 0) is 32.0 Å². The van der Waals surface area contributed by atoms with Crippen LogP contribution in [0.4, 0.5) is 0 Å². The number of carbonyl (C=O) groups is 1. The zero-order valence-electron chi connectivity index (χ0n) is 15.4. The fourth-order valence-electron chi connectivity index (χ4n) is 3.82. The van der Waals surface area contributed by atoms with Crippen molar-refractivity contribution in [3.8, 4) is 17.2 Å². The van der Waals surface area contributed by atoms with Crippen molar-refractivity contribution in [2.24, 2.45) is 0 Å². The lowest BCUT2D eigenvalue weighted by atomic mass is 9.87.